The van der Waals surface area contributed by atoms with Crippen LogP contribution in [0, 0.1) is 0 Å². The number of hydrogen-bond acceptors (Lipinski definition) is 5. The van der Waals surface area contributed by atoms with Gasteiger partial charge in [-0.05, 0) is 43.5 Å². The predicted molar refractivity (Wildman–Crippen MR) is 90.0 cm³/mol. The molecule has 2 aromatic rings. The SMILES string of the molecule is CC1(N)CCCCC1c1nc(-c2ccc3c(c2)CCO3)no1.Cl. The van der Waals surface area contributed by atoms with E-state index in [1.165, 1.54) is 18.4 Å². The molecule has 124 valence electrons. The molecule has 0 spiro atoms. The zero-order chi connectivity index (χ0) is 15.2. The first-order valence-electron chi connectivity index (χ1n) is 8.02. The summed E-state index contributed by atoms with van der Waals surface area (Å²) in [5.74, 6) is 2.44. The minimum atomic E-state index is -0.256. The molecule has 2 atom stereocenters. The summed E-state index contributed by atoms with van der Waals surface area (Å²) in [6.45, 7) is 2.84. The summed E-state index contributed by atoms with van der Waals surface area (Å²) in [5, 5.41) is 4.17. The van der Waals surface area contributed by atoms with Crippen LogP contribution in [0.25, 0.3) is 11.4 Å². The van der Waals surface area contributed by atoms with Crippen LogP contribution in [-0.4, -0.2) is 22.3 Å². The van der Waals surface area contributed by atoms with Gasteiger partial charge < -0.3 is 15.0 Å². The van der Waals surface area contributed by atoms with Crippen molar-refractivity contribution in [2.45, 2.75) is 50.5 Å². The maximum atomic E-state index is 6.43. The van der Waals surface area contributed by atoms with Crippen LogP contribution in [0.4, 0.5) is 0 Å². The van der Waals surface area contributed by atoms with E-state index in [1.807, 2.05) is 12.1 Å². The minimum absolute atomic E-state index is 0. The van der Waals surface area contributed by atoms with Crippen LogP contribution in [-0.2, 0) is 6.42 Å². The fourth-order valence-corrected chi connectivity index (χ4v) is 3.58. The number of ether oxygens (including phenoxy) is 1. The van der Waals surface area contributed by atoms with E-state index in [4.69, 9.17) is 15.0 Å². The molecule has 23 heavy (non-hydrogen) atoms. The molecule has 5 nitrogen and oxygen atoms in total. The molecule has 0 bridgehead atoms. The average molecular weight is 336 g/mol. The Labute approximate surface area is 142 Å². The Hall–Kier alpha value is -1.59. The Bertz CT molecular complexity index is 699. The fourth-order valence-electron chi connectivity index (χ4n) is 3.58. The first kappa shape index (κ1) is 16.3. The zero-order valence-corrected chi connectivity index (χ0v) is 14.1. The second kappa shape index (κ2) is 6.13. The van der Waals surface area contributed by atoms with Crippen molar-refractivity contribution >= 4 is 12.4 Å². The number of aromatic nitrogens is 2. The van der Waals surface area contributed by atoms with E-state index in [2.05, 4.69) is 23.1 Å². The highest BCUT2D eigenvalue weighted by atomic mass is 35.5. The number of nitrogens with zero attached hydrogens (tertiary/aromatic N) is 2. The van der Waals surface area contributed by atoms with Gasteiger partial charge in [-0.2, -0.15) is 4.98 Å². The van der Waals surface area contributed by atoms with E-state index in [1.54, 1.807) is 0 Å². The highest BCUT2D eigenvalue weighted by Gasteiger charge is 2.37. The first-order valence-corrected chi connectivity index (χ1v) is 8.02. The Balaban J connectivity index is 0.00000156. The zero-order valence-electron chi connectivity index (χ0n) is 13.2. The smallest absolute Gasteiger partial charge is 0.231 e. The number of rotatable bonds is 2. The molecule has 0 amide bonds. The van der Waals surface area contributed by atoms with Crippen molar-refractivity contribution in [3.05, 3.63) is 29.7 Å². The number of benzene rings is 1. The molecule has 1 aliphatic heterocycles. The third-order valence-electron chi connectivity index (χ3n) is 4.94. The van der Waals surface area contributed by atoms with E-state index in [0.29, 0.717) is 11.7 Å². The monoisotopic (exact) mass is 335 g/mol. The number of fused-ring (bicyclic) bond motifs is 1. The molecule has 6 heteroatoms. The molecule has 2 heterocycles. The third-order valence-corrected chi connectivity index (χ3v) is 4.94. The standard InChI is InChI=1S/C17H21N3O2.ClH/c1-17(18)8-3-2-4-13(17)16-19-15(20-22-16)12-5-6-14-11(10-12)7-9-21-14;/h5-6,10,13H,2-4,7-9,18H2,1H3;1H. The summed E-state index contributed by atoms with van der Waals surface area (Å²) in [6.07, 6.45) is 5.32. The minimum Gasteiger partial charge on any atom is -0.493 e. The molecule has 4 rings (SSSR count). The van der Waals surface area contributed by atoms with Crippen molar-refractivity contribution in [1.82, 2.24) is 10.1 Å². The lowest BCUT2D eigenvalue weighted by Crippen LogP contribution is -2.44. The third kappa shape index (κ3) is 2.95. The summed E-state index contributed by atoms with van der Waals surface area (Å²) < 4.78 is 11.1. The van der Waals surface area contributed by atoms with Crippen molar-refractivity contribution in [2.24, 2.45) is 5.73 Å². The Kier molecular flexibility index (Phi) is 4.34. The van der Waals surface area contributed by atoms with Crippen LogP contribution in [0.5, 0.6) is 5.75 Å². The molecule has 1 saturated carbocycles. The van der Waals surface area contributed by atoms with Crippen molar-refractivity contribution in [2.75, 3.05) is 6.61 Å². The summed E-state index contributed by atoms with van der Waals surface area (Å²) in [7, 11) is 0. The van der Waals surface area contributed by atoms with Crippen molar-refractivity contribution in [3.63, 3.8) is 0 Å². The van der Waals surface area contributed by atoms with Crippen molar-refractivity contribution in [3.8, 4) is 17.1 Å². The van der Waals surface area contributed by atoms with Gasteiger partial charge in [-0.25, -0.2) is 0 Å². The van der Waals surface area contributed by atoms with E-state index in [0.717, 1.165) is 37.2 Å². The number of hydrogen-bond donors (Lipinski definition) is 1. The molecule has 2 unspecified atom stereocenters. The predicted octanol–water partition coefficient (Wildman–Crippen LogP) is 3.47. The van der Waals surface area contributed by atoms with Gasteiger partial charge in [0.1, 0.15) is 5.75 Å². The molecule has 2 aliphatic rings. The van der Waals surface area contributed by atoms with Gasteiger partial charge in [-0.3, -0.25) is 0 Å². The van der Waals surface area contributed by atoms with Crippen LogP contribution in [0.3, 0.4) is 0 Å². The normalized spacial score (nSPS) is 26.3. The largest absolute Gasteiger partial charge is 0.493 e. The van der Waals surface area contributed by atoms with Gasteiger partial charge in [0, 0.05) is 17.5 Å². The van der Waals surface area contributed by atoms with E-state index < -0.39 is 0 Å². The molecule has 2 N–H and O–H groups in total. The van der Waals surface area contributed by atoms with Gasteiger partial charge in [0.2, 0.25) is 11.7 Å². The van der Waals surface area contributed by atoms with Crippen LogP contribution in [0.2, 0.25) is 0 Å². The molecule has 0 saturated heterocycles. The fraction of sp³-hybridized carbons (Fsp3) is 0.529. The van der Waals surface area contributed by atoms with Gasteiger partial charge in [-0.1, -0.05) is 18.0 Å². The van der Waals surface area contributed by atoms with Gasteiger partial charge >= 0.3 is 0 Å². The highest BCUT2D eigenvalue weighted by molar-refractivity contribution is 5.85. The Morgan fingerprint density at radius 2 is 2.17 bits per heavy atom. The van der Waals surface area contributed by atoms with Crippen molar-refractivity contribution in [1.29, 1.82) is 0 Å². The van der Waals surface area contributed by atoms with Gasteiger partial charge in [0.25, 0.3) is 0 Å². The van der Waals surface area contributed by atoms with E-state index >= 15 is 0 Å². The number of nitrogens with two attached hydrogens (primary N) is 1. The van der Waals surface area contributed by atoms with Crippen LogP contribution in [0.1, 0.15) is 50.0 Å². The van der Waals surface area contributed by atoms with Gasteiger partial charge in [-0.15, -0.1) is 12.4 Å². The quantitative estimate of drug-likeness (QED) is 0.909. The van der Waals surface area contributed by atoms with Crippen LogP contribution >= 0.6 is 12.4 Å². The second-order valence-electron chi connectivity index (χ2n) is 6.68. The lowest BCUT2D eigenvalue weighted by molar-refractivity contribution is 0.223. The summed E-state index contributed by atoms with van der Waals surface area (Å²) in [4.78, 5) is 4.63. The van der Waals surface area contributed by atoms with Crippen molar-refractivity contribution < 1.29 is 9.26 Å². The summed E-state index contributed by atoms with van der Waals surface area (Å²) in [5.41, 5.74) is 8.37. The molecular weight excluding hydrogens is 314 g/mol. The maximum Gasteiger partial charge on any atom is 0.231 e. The highest BCUT2D eigenvalue weighted by Crippen LogP contribution is 2.39. The van der Waals surface area contributed by atoms with E-state index in [9.17, 15) is 0 Å². The summed E-state index contributed by atoms with van der Waals surface area (Å²) >= 11 is 0. The first-order chi connectivity index (χ1) is 10.6. The van der Waals surface area contributed by atoms with Crippen LogP contribution in [0.15, 0.2) is 22.7 Å². The lowest BCUT2D eigenvalue weighted by Gasteiger charge is -2.35. The maximum absolute atomic E-state index is 6.43. The van der Waals surface area contributed by atoms with E-state index in [-0.39, 0.29) is 23.9 Å². The molecular formula is C17H22ClN3O2. The van der Waals surface area contributed by atoms with Gasteiger partial charge in [0.05, 0.1) is 12.5 Å². The lowest BCUT2D eigenvalue weighted by atomic mass is 9.74. The number of halogens is 1. The molecule has 0 radical (unpaired) electrons. The average Bonchev–Trinajstić information content (AvgIpc) is 3.15. The van der Waals surface area contributed by atoms with Gasteiger partial charge in [0.15, 0.2) is 0 Å². The molecule has 1 aromatic carbocycles. The summed E-state index contributed by atoms with van der Waals surface area (Å²) in [6, 6.07) is 6.07. The Morgan fingerprint density at radius 3 is 3.00 bits per heavy atom. The molecule has 1 aliphatic carbocycles. The Morgan fingerprint density at radius 1 is 1.30 bits per heavy atom. The topological polar surface area (TPSA) is 74.2 Å². The second-order valence-corrected chi connectivity index (χ2v) is 6.68. The molecule has 1 fully saturated rings. The molecule has 1 aromatic heterocycles. The van der Waals surface area contributed by atoms with Crippen LogP contribution < -0.4 is 10.5 Å².